The van der Waals surface area contributed by atoms with Crippen LogP contribution in [0, 0.1) is 0 Å². The zero-order chi connectivity index (χ0) is 23.7. The molecule has 7 nitrogen and oxygen atoms in total. The zero-order valence-electron chi connectivity index (χ0n) is 18.5. The Kier molecular flexibility index (Phi) is 5.67. The van der Waals surface area contributed by atoms with Gasteiger partial charge in [-0.1, -0.05) is 36.4 Å². The van der Waals surface area contributed by atoms with E-state index in [-0.39, 0.29) is 23.6 Å². The van der Waals surface area contributed by atoms with Crippen LogP contribution in [0.25, 0.3) is 0 Å². The second-order valence-electron chi connectivity index (χ2n) is 8.44. The van der Waals surface area contributed by atoms with E-state index in [0.29, 0.717) is 11.4 Å². The summed E-state index contributed by atoms with van der Waals surface area (Å²) in [5.41, 5.74) is 4.29. The minimum atomic E-state index is -0.523. The Morgan fingerprint density at radius 3 is 2.18 bits per heavy atom. The molecule has 7 heteroatoms. The van der Waals surface area contributed by atoms with Crippen molar-refractivity contribution in [2.75, 3.05) is 23.3 Å². The molecule has 3 aromatic rings. The van der Waals surface area contributed by atoms with Gasteiger partial charge in [-0.2, -0.15) is 0 Å². The Bertz CT molecular complexity index is 1270. The van der Waals surface area contributed by atoms with Gasteiger partial charge in [-0.15, -0.1) is 0 Å². The summed E-state index contributed by atoms with van der Waals surface area (Å²) >= 11 is 0. The summed E-state index contributed by atoms with van der Waals surface area (Å²) < 4.78 is 0. The molecule has 0 spiro atoms. The Morgan fingerprint density at radius 1 is 0.824 bits per heavy atom. The Morgan fingerprint density at radius 2 is 1.47 bits per heavy atom. The monoisotopic (exact) mass is 453 g/mol. The molecule has 0 radical (unpaired) electrons. The standard InChI is InChI=1S/C27H23N3O4/c31-24(28-20-14-13-18-7-6-8-19(18)15-20)16-29(21-9-2-1-3-10-21)25(32)17-30-26(33)22-11-4-5-12-23(22)27(30)34/h1-5,9-15H,6-8,16-17H2,(H,28,31). The van der Waals surface area contributed by atoms with Gasteiger partial charge in [0.1, 0.15) is 13.1 Å². The lowest BCUT2D eigenvalue weighted by Crippen LogP contribution is -2.45. The summed E-state index contributed by atoms with van der Waals surface area (Å²) in [5.74, 6) is -1.91. The number of hydrogen-bond donors (Lipinski definition) is 1. The van der Waals surface area contributed by atoms with Crippen LogP contribution in [-0.4, -0.2) is 41.6 Å². The highest BCUT2D eigenvalue weighted by molar-refractivity contribution is 6.23. The van der Waals surface area contributed by atoms with Crippen LogP contribution in [0.1, 0.15) is 38.3 Å². The molecule has 5 rings (SSSR count). The van der Waals surface area contributed by atoms with E-state index in [2.05, 4.69) is 5.32 Å². The van der Waals surface area contributed by atoms with Crippen LogP contribution in [0.2, 0.25) is 0 Å². The maximum absolute atomic E-state index is 13.3. The molecule has 0 saturated heterocycles. The van der Waals surface area contributed by atoms with Gasteiger partial charge in [0.05, 0.1) is 11.1 Å². The Hall–Kier alpha value is -4.26. The molecule has 0 bridgehead atoms. The number of imide groups is 1. The molecule has 2 aliphatic rings. The first-order valence-electron chi connectivity index (χ1n) is 11.2. The number of benzene rings is 3. The minimum absolute atomic E-state index is 0.247. The minimum Gasteiger partial charge on any atom is -0.325 e. The van der Waals surface area contributed by atoms with Crippen LogP contribution < -0.4 is 10.2 Å². The Labute approximate surface area is 197 Å². The van der Waals surface area contributed by atoms with E-state index in [1.165, 1.54) is 16.0 Å². The average Bonchev–Trinajstić information content (AvgIpc) is 3.41. The number of carbonyl (C=O) groups excluding carboxylic acids is 4. The number of hydrogen-bond acceptors (Lipinski definition) is 4. The number of amides is 4. The normalized spacial score (nSPS) is 14.1. The fourth-order valence-electron chi connectivity index (χ4n) is 4.53. The lowest BCUT2D eigenvalue weighted by molar-refractivity contribution is -0.121. The number of para-hydroxylation sites is 1. The molecule has 0 unspecified atom stereocenters. The van der Waals surface area contributed by atoms with E-state index >= 15 is 0 Å². The fraction of sp³-hybridized carbons (Fsp3) is 0.185. The van der Waals surface area contributed by atoms with Crippen molar-refractivity contribution in [2.45, 2.75) is 19.3 Å². The quantitative estimate of drug-likeness (QED) is 0.580. The summed E-state index contributed by atoms with van der Waals surface area (Å²) in [6.07, 6.45) is 3.16. The molecule has 34 heavy (non-hydrogen) atoms. The smallest absolute Gasteiger partial charge is 0.262 e. The first kappa shape index (κ1) is 21.6. The first-order chi connectivity index (χ1) is 16.5. The highest BCUT2D eigenvalue weighted by atomic mass is 16.2. The molecule has 0 aromatic heterocycles. The van der Waals surface area contributed by atoms with Gasteiger partial charge in [0.15, 0.2) is 0 Å². The SMILES string of the molecule is O=C(CN(C(=O)CN1C(=O)c2ccccc2C1=O)c1ccccc1)Nc1ccc2c(c1)CCC2. The topological polar surface area (TPSA) is 86.8 Å². The van der Waals surface area contributed by atoms with Crippen molar-refractivity contribution in [3.63, 3.8) is 0 Å². The van der Waals surface area contributed by atoms with E-state index in [1.54, 1.807) is 54.6 Å². The summed E-state index contributed by atoms with van der Waals surface area (Å²) in [5, 5.41) is 2.87. The number of fused-ring (bicyclic) bond motifs is 2. The highest BCUT2D eigenvalue weighted by Gasteiger charge is 2.37. The van der Waals surface area contributed by atoms with Crippen molar-refractivity contribution in [2.24, 2.45) is 0 Å². The van der Waals surface area contributed by atoms with Crippen molar-refractivity contribution in [3.05, 3.63) is 95.1 Å². The molecule has 3 aromatic carbocycles. The first-order valence-corrected chi connectivity index (χ1v) is 11.2. The summed E-state index contributed by atoms with van der Waals surface area (Å²) in [6.45, 7) is -0.698. The lowest BCUT2D eigenvalue weighted by atomic mass is 10.1. The van der Waals surface area contributed by atoms with Gasteiger partial charge in [-0.3, -0.25) is 24.1 Å². The molecule has 0 atom stereocenters. The third-order valence-electron chi connectivity index (χ3n) is 6.22. The van der Waals surface area contributed by atoms with Crippen molar-refractivity contribution < 1.29 is 19.2 Å². The molecule has 1 heterocycles. The van der Waals surface area contributed by atoms with Gasteiger partial charge in [-0.05, 0) is 66.8 Å². The van der Waals surface area contributed by atoms with E-state index in [1.807, 2.05) is 18.2 Å². The van der Waals surface area contributed by atoms with Crippen molar-refractivity contribution in [1.82, 2.24) is 4.90 Å². The maximum atomic E-state index is 13.3. The molecule has 4 amide bonds. The molecule has 0 fully saturated rings. The molecule has 170 valence electrons. The van der Waals surface area contributed by atoms with Crippen molar-refractivity contribution in [1.29, 1.82) is 0 Å². The predicted octanol–water partition coefficient (Wildman–Crippen LogP) is 3.44. The van der Waals surface area contributed by atoms with E-state index in [4.69, 9.17) is 0 Å². The number of nitrogens with one attached hydrogen (secondary N) is 1. The second kappa shape index (κ2) is 8.94. The molecule has 1 aliphatic carbocycles. The largest absolute Gasteiger partial charge is 0.325 e. The average molecular weight is 453 g/mol. The molecule has 1 aliphatic heterocycles. The number of nitrogens with zero attached hydrogens (tertiary/aromatic N) is 2. The predicted molar refractivity (Wildman–Crippen MR) is 128 cm³/mol. The number of carbonyl (C=O) groups is 4. The van der Waals surface area contributed by atoms with Gasteiger partial charge in [0, 0.05) is 11.4 Å². The van der Waals surface area contributed by atoms with Crippen molar-refractivity contribution >= 4 is 35.0 Å². The van der Waals surface area contributed by atoms with E-state index in [0.717, 1.165) is 24.2 Å². The van der Waals surface area contributed by atoms with Gasteiger partial charge in [0.25, 0.3) is 11.8 Å². The Balaban J connectivity index is 1.33. The van der Waals surface area contributed by atoms with Gasteiger partial charge < -0.3 is 10.2 Å². The third kappa shape index (κ3) is 4.08. The van der Waals surface area contributed by atoms with Crippen LogP contribution in [0.4, 0.5) is 11.4 Å². The van der Waals surface area contributed by atoms with Gasteiger partial charge in [0.2, 0.25) is 11.8 Å². The fourth-order valence-corrected chi connectivity index (χ4v) is 4.53. The van der Waals surface area contributed by atoms with Crippen LogP contribution in [0.5, 0.6) is 0 Å². The van der Waals surface area contributed by atoms with Gasteiger partial charge in [-0.25, -0.2) is 0 Å². The van der Waals surface area contributed by atoms with Crippen LogP contribution >= 0.6 is 0 Å². The zero-order valence-corrected chi connectivity index (χ0v) is 18.5. The van der Waals surface area contributed by atoms with E-state index < -0.39 is 24.3 Å². The number of aryl methyl sites for hydroxylation is 2. The lowest BCUT2D eigenvalue weighted by Gasteiger charge is -2.24. The number of rotatable bonds is 6. The van der Waals surface area contributed by atoms with Crippen LogP contribution in [0.15, 0.2) is 72.8 Å². The summed E-state index contributed by atoms with van der Waals surface area (Å²) in [7, 11) is 0. The van der Waals surface area contributed by atoms with Gasteiger partial charge >= 0.3 is 0 Å². The highest BCUT2D eigenvalue weighted by Crippen LogP contribution is 2.26. The summed E-state index contributed by atoms with van der Waals surface area (Å²) in [6, 6.07) is 21.1. The molecule has 1 N–H and O–H groups in total. The molecule has 0 saturated carbocycles. The van der Waals surface area contributed by atoms with E-state index in [9.17, 15) is 19.2 Å². The maximum Gasteiger partial charge on any atom is 0.262 e. The summed E-state index contributed by atoms with van der Waals surface area (Å²) in [4.78, 5) is 53.8. The van der Waals surface area contributed by atoms with Crippen LogP contribution in [0.3, 0.4) is 0 Å². The van der Waals surface area contributed by atoms with Crippen molar-refractivity contribution in [3.8, 4) is 0 Å². The van der Waals surface area contributed by atoms with Crippen LogP contribution in [-0.2, 0) is 22.4 Å². The molecular weight excluding hydrogens is 430 g/mol. The number of anilines is 2. The third-order valence-corrected chi connectivity index (χ3v) is 6.22. The second-order valence-corrected chi connectivity index (χ2v) is 8.44. The molecular formula is C27H23N3O4.